The lowest BCUT2D eigenvalue weighted by Crippen LogP contribution is -2.19. The molecule has 0 aliphatic carbocycles. The van der Waals surface area contributed by atoms with Crippen LogP contribution < -0.4 is 0 Å². The molecular formula is C7H17O2P. The molecule has 0 fully saturated rings. The SMILES string of the molecule is CO[PH](=O)C(C)C(C)(C)C. The van der Waals surface area contributed by atoms with E-state index >= 15 is 0 Å². The molecule has 0 spiro atoms. The molecule has 0 aromatic rings. The van der Waals surface area contributed by atoms with Crippen molar-refractivity contribution in [3.05, 3.63) is 0 Å². The lowest BCUT2D eigenvalue weighted by atomic mass is 9.93. The molecule has 0 aliphatic heterocycles. The Bertz CT molecular complexity index is 126. The van der Waals surface area contributed by atoms with Gasteiger partial charge in [-0.3, -0.25) is 4.57 Å². The van der Waals surface area contributed by atoms with Crippen molar-refractivity contribution in [2.24, 2.45) is 5.41 Å². The third kappa shape index (κ3) is 2.85. The summed E-state index contributed by atoms with van der Waals surface area (Å²) >= 11 is 0. The molecule has 0 aromatic carbocycles. The van der Waals surface area contributed by atoms with Gasteiger partial charge in [-0.25, -0.2) is 0 Å². The third-order valence-corrected chi connectivity index (χ3v) is 3.83. The largest absolute Gasteiger partial charge is 0.334 e. The highest BCUT2D eigenvalue weighted by atomic mass is 31.1. The van der Waals surface area contributed by atoms with Crippen LogP contribution in [0.1, 0.15) is 27.7 Å². The highest BCUT2D eigenvalue weighted by molar-refractivity contribution is 7.40. The molecule has 0 radical (unpaired) electrons. The van der Waals surface area contributed by atoms with E-state index in [1.54, 1.807) is 0 Å². The zero-order chi connectivity index (χ0) is 8.36. The molecule has 0 N–H and O–H groups in total. The van der Waals surface area contributed by atoms with Gasteiger partial charge in [0, 0.05) is 12.8 Å². The fourth-order valence-corrected chi connectivity index (χ4v) is 1.59. The maximum atomic E-state index is 11.1. The van der Waals surface area contributed by atoms with Crippen molar-refractivity contribution in [2.45, 2.75) is 33.4 Å². The van der Waals surface area contributed by atoms with Crippen LogP contribution in [0.2, 0.25) is 0 Å². The lowest BCUT2D eigenvalue weighted by Gasteiger charge is -2.25. The smallest absolute Gasteiger partial charge is 0.194 e. The molecule has 10 heavy (non-hydrogen) atoms. The normalized spacial score (nSPS) is 18.5. The van der Waals surface area contributed by atoms with Crippen LogP contribution in [0, 0.1) is 5.41 Å². The van der Waals surface area contributed by atoms with Crippen LogP contribution in [0.3, 0.4) is 0 Å². The Balaban J connectivity index is 4.08. The van der Waals surface area contributed by atoms with Crippen LogP contribution in [0.25, 0.3) is 0 Å². The second kappa shape index (κ2) is 3.54. The van der Waals surface area contributed by atoms with E-state index in [0.29, 0.717) is 0 Å². The Hall–Kier alpha value is 0.190. The fraction of sp³-hybridized carbons (Fsp3) is 1.00. The molecule has 0 aromatic heterocycles. The summed E-state index contributed by atoms with van der Waals surface area (Å²) in [5, 5.41) is 0. The Labute approximate surface area is 63.8 Å². The topological polar surface area (TPSA) is 26.3 Å². The highest BCUT2D eigenvalue weighted by Crippen LogP contribution is 2.39. The fourth-order valence-electron chi connectivity index (χ4n) is 0.530. The maximum Gasteiger partial charge on any atom is 0.194 e. The first kappa shape index (κ1) is 10.2. The standard InChI is InChI=1S/C7H17O2P/c1-6(7(2,3)4)10(8)9-5/h6,10H,1-5H3. The van der Waals surface area contributed by atoms with Gasteiger partial charge < -0.3 is 4.52 Å². The maximum absolute atomic E-state index is 11.1. The summed E-state index contributed by atoms with van der Waals surface area (Å²) in [6.45, 7) is 8.17. The van der Waals surface area contributed by atoms with Crippen molar-refractivity contribution in [3.8, 4) is 0 Å². The molecule has 0 amide bonds. The number of hydrogen-bond acceptors (Lipinski definition) is 2. The first-order chi connectivity index (χ1) is 4.39. The molecule has 0 bridgehead atoms. The summed E-state index contributed by atoms with van der Waals surface area (Å²) in [5.41, 5.74) is 0.244. The zero-order valence-electron chi connectivity index (χ0n) is 7.39. The van der Waals surface area contributed by atoms with Gasteiger partial charge in [-0.1, -0.05) is 27.7 Å². The van der Waals surface area contributed by atoms with Crippen LogP contribution in [0.4, 0.5) is 0 Å². The van der Waals surface area contributed by atoms with Crippen molar-refractivity contribution in [2.75, 3.05) is 7.11 Å². The van der Waals surface area contributed by atoms with Gasteiger partial charge in [0.15, 0.2) is 8.03 Å². The van der Waals surface area contributed by atoms with Crippen LogP contribution in [-0.2, 0) is 9.09 Å². The Morgan fingerprint density at radius 2 is 1.80 bits per heavy atom. The summed E-state index contributed by atoms with van der Waals surface area (Å²) in [4.78, 5) is 0. The molecule has 2 atom stereocenters. The first-order valence-corrected chi connectivity index (χ1v) is 4.87. The van der Waals surface area contributed by atoms with E-state index < -0.39 is 8.03 Å². The molecule has 3 heteroatoms. The Kier molecular flexibility index (Phi) is 3.61. The van der Waals surface area contributed by atoms with E-state index in [4.69, 9.17) is 4.52 Å². The molecule has 62 valence electrons. The third-order valence-electron chi connectivity index (χ3n) is 1.85. The van der Waals surface area contributed by atoms with E-state index in [1.165, 1.54) is 7.11 Å². The minimum Gasteiger partial charge on any atom is -0.334 e. The monoisotopic (exact) mass is 164 g/mol. The molecular weight excluding hydrogens is 147 g/mol. The van der Waals surface area contributed by atoms with Crippen LogP contribution in [0.5, 0.6) is 0 Å². The Morgan fingerprint density at radius 3 is 1.90 bits per heavy atom. The van der Waals surface area contributed by atoms with Gasteiger partial charge in [-0.05, 0) is 5.41 Å². The highest BCUT2D eigenvalue weighted by Gasteiger charge is 2.24. The summed E-state index contributed by atoms with van der Waals surface area (Å²) in [6.07, 6.45) is 0. The Morgan fingerprint density at radius 1 is 1.40 bits per heavy atom. The van der Waals surface area contributed by atoms with Gasteiger partial charge in [0.25, 0.3) is 0 Å². The van der Waals surface area contributed by atoms with Crippen molar-refractivity contribution in [1.82, 2.24) is 0 Å². The lowest BCUT2D eigenvalue weighted by molar-refractivity contribution is 0.346. The summed E-state index contributed by atoms with van der Waals surface area (Å²) in [5.74, 6) is 0. The zero-order valence-corrected chi connectivity index (χ0v) is 8.39. The van der Waals surface area contributed by atoms with Crippen molar-refractivity contribution in [3.63, 3.8) is 0 Å². The minimum atomic E-state index is -1.81. The predicted octanol–water partition coefficient (Wildman–Crippen LogP) is 2.54. The average Bonchev–Trinajstić information content (AvgIpc) is 1.83. The molecule has 0 rings (SSSR count). The van der Waals surface area contributed by atoms with E-state index in [9.17, 15) is 4.57 Å². The molecule has 2 unspecified atom stereocenters. The molecule has 2 nitrogen and oxygen atoms in total. The van der Waals surface area contributed by atoms with Gasteiger partial charge in [0.2, 0.25) is 0 Å². The van der Waals surface area contributed by atoms with Crippen molar-refractivity contribution in [1.29, 1.82) is 0 Å². The molecule has 0 saturated heterocycles. The van der Waals surface area contributed by atoms with Crippen LogP contribution in [0.15, 0.2) is 0 Å². The van der Waals surface area contributed by atoms with Gasteiger partial charge in [-0.2, -0.15) is 0 Å². The van der Waals surface area contributed by atoms with Crippen molar-refractivity contribution >= 4 is 8.03 Å². The first-order valence-electron chi connectivity index (χ1n) is 3.47. The van der Waals surface area contributed by atoms with Gasteiger partial charge in [0.05, 0.1) is 0 Å². The van der Waals surface area contributed by atoms with Crippen molar-refractivity contribution < 1.29 is 9.09 Å². The summed E-state index contributed by atoms with van der Waals surface area (Å²) < 4.78 is 15.9. The molecule has 0 saturated carbocycles. The summed E-state index contributed by atoms with van der Waals surface area (Å²) in [7, 11) is -0.311. The average molecular weight is 164 g/mol. The van der Waals surface area contributed by atoms with Crippen LogP contribution in [-0.4, -0.2) is 12.8 Å². The summed E-state index contributed by atoms with van der Waals surface area (Å²) in [6, 6.07) is 0. The van der Waals surface area contributed by atoms with Gasteiger partial charge in [-0.15, -0.1) is 0 Å². The predicted molar refractivity (Wildman–Crippen MR) is 44.9 cm³/mol. The second-order valence-electron chi connectivity index (χ2n) is 3.61. The molecule has 0 heterocycles. The number of rotatable bonds is 2. The van der Waals surface area contributed by atoms with Gasteiger partial charge >= 0.3 is 0 Å². The van der Waals surface area contributed by atoms with E-state index in [-0.39, 0.29) is 11.1 Å². The van der Waals surface area contributed by atoms with E-state index in [0.717, 1.165) is 0 Å². The van der Waals surface area contributed by atoms with Crippen LogP contribution >= 0.6 is 8.03 Å². The minimum absolute atomic E-state index is 0.0893. The second-order valence-corrected chi connectivity index (χ2v) is 5.52. The quantitative estimate of drug-likeness (QED) is 0.586. The molecule has 0 aliphatic rings. The number of hydrogen-bond donors (Lipinski definition) is 0. The van der Waals surface area contributed by atoms with E-state index in [1.807, 2.05) is 6.92 Å². The van der Waals surface area contributed by atoms with E-state index in [2.05, 4.69) is 20.8 Å². The van der Waals surface area contributed by atoms with Gasteiger partial charge in [0.1, 0.15) is 0 Å².